The smallest absolute Gasteiger partial charge is 0.226 e. The van der Waals surface area contributed by atoms with Crippen LogP contribution in [0.2, 0.25) is 0 Å². The number of carbonyl (C=O) groups is 2. The number of nitrogens with zero attached hydrogens (tertiary/aromatic N) is 2. The first-order chi connectivity index (χ1) is 12.5. The number of carbonyl (C=O) groups excluding carboxylic acids is 2. The van der Waals surface area contributed by atoms with Crippen molar-refractivity contribution in [2.45, 2.75) is 38.6 Å². The molecule has 0 aromatic heterocycles. The minimum atomic E-state index is 0.00260. The highest BCUT2D eigenvalue weighted by Gasteiger charge is 2.36. The van der Waals surface area contributed by atoms with E-state index in [0.717, 1.165) is 49.3 Å². The number of hydrogen-bond acceptors (Lipinski definition) is 4. The average Bonchev–Trinajstić information content (AvgIpc) is 3.16. The molecule has 1 atom stereocenters. The molecule has 0 saturated carbocycles. The number of piperidine rings is 1. The van der Waals surface area contributed by atoms with Crippen molar-refractivity contribution in [3.8, 4) is 11.5 Å². The Labute approximate surface area is 155 Å². The fourth-order valence-electron chi connectivity index (χ4n) is 4.13. The molecular weight excluding hydrogens is 332 g/mol. The maximum atomic E-state index is 13.2. The topological polar surface area (TPSA) is 59.1 Å². The molecule has 0 radical (unpaired) electrons. The third-order valence-electron chi connectivity index (χ3n) is 5.62. The number of amides is 2. The normalized spacial score (nSPS) is 21.0. The molecule has 0 aliphatic carbocycles. The third kappa shape index (κ3) is 3.64. The van der Waals surface area contributed by atoms with Crippen molar-refractivity contribution in [1.29, 1.82) is 0 Å². The summed E-state index contributed by atoms with van der Waals surface area (Å²) in [6, 6.07) is 5.79. The van der Waals surface area contributed by atoms with Crippen LogP contribution in [0.1, 0.15) is 44.2 Å². The molecule has 1 aromatic rings. The molecule has 6 heteroatoms. The Morgan fingerprint density at radius 1 is 1.04 bits per heavy atom. The predicted octanol–water partition coefficient (Wildman–Crippen LogP) is 2.63. The van der Waals surface area contributed by atoms with Crippen molar-refractivity contribution >= 4 is 11.8 Å². The predicted molar refractivity (Wildman–Crippen MR) is 98.2 cm³/mol. The maximum Gasteiger partial charge on any atom is 0.226 e. The van der Waals surface area contributed by atoms with Gasteiger partial charge in [0.05, 0.1) is 20.3 Å². The van der Waals surface area contributed by atoms with Gasteiger partial charge in [-0.2, -0.15) is 0 Å². The first-order valence-electron chi connectivity index (χ1n) is 9.33. The lowest BCUT2D eigenvalue weighted by Crippen LogP contribution is -2.43. The molecule has 142 valence electrons. The maximum absolute atomic E-state index is 13.2. The summed E-state index contributed by atoms with van der Waals surface area (Å²) in [6.07, 6.45) is 3.42. The van der Waals surface area contributed by atoms with Gasteiger partial charge in [-0.1, -0.05) is 0 Å². The molecule has 2 fully saturated rings. The van der Waals surface area contributed by atoms with E-state index in [4.69, 9.17) is 9.47 Å². The van der Waals surface area contributed by atoms with Crippen LogP contribution in [0, 0.1) is 5.92 Å². The molecule has 2 aliphatic rings. The first-order valence-corrected chi connectivity index (χ1v) is 9.33. The minimum absolute atomic E-state index is 0.00260. The zero-order valence-electron chi connectivity index (χ0n) is 15.9. The lowest BCUT2D eigenvalue weighted by atomic mass is 9.94. The molecule has 3 rings (SSSR count). The lowest BCUT2D eigenvalue weighted by molar-refractivity contribution is -0.140. The van der Waals surface area contributed by atoms with Gasteiger partial charge in [0.15, 0.2) is 0 Å². The van der Waals surface area contributed by atoms with Crippen LogP contribution in [-0.4, -0.2) is 55.5 Å². The Kier molecular flexibility index (Phi) is 5.69. The van der Waals surface area contributed by atoms with Gasteiger partial charge in [-0.3, -0.25) is 9.59 Å². The van der Waals surface area contributed by atoms with Crippen LogP contribution >= 0.6 is 0 Å². The summed E-state index contributed by atoms with van der Waals surface area (Å²) in [6.45, 7) is 3.71. The van der Waals surface area contributed by atoms with Crippen LogP contribution in [0.15, 0.2) is 18.2 Å². The van der Waals surface area contributed by atoms with E-state index in [9.17, 15) is 9.59 Å². The van der Waals surface area contributed by atoms with Crippen LogP contribution in [0.4, 0.5) is 0 Å². The van der Waals surface area contributed by atoms with Crippen LogP contribution in [0.3, 0.4) is 0 Å². The Hall–Kier alpha value is -2.24. The molecule has 2 amide bonds. The minimum Gasteiger partial charge on any atom is -0.497 e. The van der Waals surface area contributed by atoms with Crippen LogP contribution < -0.4 is 9.47 Å². The quantitative estimate of drug-likeness (QED) is 0.828. The van der Waals surface area contributed by atoms with Gasteiger partial charge >= 0.3 is 0 Å². The van der Waals surface area contributed by atoms with Gasteiger partial charge in [-0.25, -0.2) is 0 Å². The van der Waals surface area contributed by atoms with Gasteiger partial charge in [-0.15, -0.1) is 0 Å². The number of methoxy groups -OCH3 is 2. The van der Waals surface area contributed by atoms with E-state index in [0.29, 0.717) is 13.1 Å². The van der Waals surface area contributed by atoms with E-state index in [1.807, 2.05) is 28.0 Å². The van der Waals surface area contributed by atoms with E-state index in [1.54, 1.807) is 21.1 Å². The zero-order chi connectivity index (χ0) is 18.7. The van der Waals surface area contributed by atoms with E-state index < -0.39 is 0 Å². The number of benzene rings is 1. The van der Waals surface area contributed by atoms with Gasteiger partial charge in [0.2, 0.25) is 11.8 Å². The Bertz CT molecular complexity index is 668. The van der Waals surface area contributed by atoms with Crippen molar-refractivity contribution in [3.05, 3.63) is 23.8 Å². The monoisotopic (exact) mass is 360 g/mol. The molecule has 2 saturated heterocycles. The lowest BCUT2D eigenvalue weighted by Gasteiger charge is -2.35. The van der Waals surface area contributed by atoms with Crippen LogP contribution in [0.25, 0.3) is 0 Å². The van der Waals surface area contributed by atoms with E-state index in [-0.39, 0.29) is 23.8 Å². The Balaban J connectivity index is 1.76. The molecule has 1 aromatic carbocycles. The van der Waals surface area contributed by atoms with Crippen LogP contribution in [-0.2, 0) is 9.59 Å². The standard InChI is InChI=1S/C20H28N2O4/c1-14(23)21-11-8-15(9-12-21)20(24)22-10-4-5-18(22)17-13-16(25-2)6-7-19(17)26-3/h6-7,13,15,18H,4-5,8-12H2,1-3H3/t18-/m0/s1. The molecule has 2 heterocycles. The number of likely N-dealkylation sites (tertiary alicyclic amines) is 2. The van der Waals surface area contributed by atoms with Crippen molar-refractivity contribution in [1.82, 2.24) is 9.80 Å². The SMILES string of the molecule is COc1ccc(OC)c([C@@H]2CCCN2C(=O)C2CCN(C(C)=O)CC2)c1. The zero-order valence-corrected chi connectivity index (χ0v) is 15.9. The second-order valence-corrected chi connectivity index (χ2v) is 7.08. The van der Waals surface area contributed by atoms with E-state index in [1.165, 1.54) is 0 Å². The molecule has 6 nitrogen and oxygen atoms in total. The highest BCUT2D eigenvalue weighted by atomic mass is 16.5. The van der Waals surface area contributed by atoms with Crippen LogP contribution in [0.5, 0.6) is 11.5 Å². The van der Waals surface area contributed by atoms with Gasteiger partial charge in [0.1, 0.15) is 11.5 Å². The summed E-state index contributed by atoms with van der Waals surface area (Å²) in [5.74, 6) is 1.87. The number of hydrogen-bond donors (Lipinski definition) is 0. The second kappa shape index (κ2) is 7.98. The molecule has 0 N–H and O–H groups in total. The highest BCUT2D eigenvalue weighted by Crippen LogP contribution is 2.40. The van der Waals surface area contributed by atoms with Gasteiger partial charge < -0.3 is 19.3 Å². The third-order valence-corrected chi connectivity index (χ3v) is 5.62. The van der Waals surface area contributed by atoms with Crippen molar-refractivity contribution < 1.29 is 19.1 Å². The summed E-state index contributed by atoms with van der Waals surface area (Å²) < 4.78 is 10.9. The van der Waals surface area contributed by atoms with Gasteiger partial charge in [-0.05, 0) is 43.9 Å². The number of ether oxygens (including phenoxy) is 2. The summed E-state index contributed by atoms with van der Waals surface area (Å²) in [4.78, 5) is 28.5. The van der Waals surface area contributed by atoms with E-state index >= 15 is 0 Å². The summed E-state index contributed by atoms with van der Waals surface area (Å²) in [7, 11) is 3.30. The van der Waals surface area contributed by atoms with Crippen molar-refractivity contribution in [3.63, 3.8) is 0 Å². The Morgan fingerprint density at radius 2 is 1.77 bits per heavy atom. The Morgan fingerprint density at radius 3 is 2.38 bits per heavy atom. The van der Waals surface area contributed by atoms with Gasteiger partial charge in [0, 0.05) is 38.0 Å². The molecule has 26 heavy (non-hydrogen) atoms. The molecule has 0 spiro atoms. The average molecular weight is 360 g/mol. The molecule has 0 bridgehead atoms. The van der Waals surface area contributed by atoms with Crippen molar-refractivity contribution in [2.75, 3.05) is 33.9 Å². The first kappa shape index (κ1) is 18.5. The summed E-state index contributed by atoms with van der Waals surface area (Å²) in [5.41, 5.74) is 1.01. The fraction of sp³-hybridized carbons (Fsp3) is 0.600. The molecule has 0 unspecified atom stereocenters. The van der Waals surface area contributed by atoms with Gasteiger partial charge in [0.25, 0.3) is 0 Å². The van der Waals surface area contributed by atoms with E-state index in [2.05, 4.69) is 0 Å². The summed E-state index contributed by atoms with van der Waals surface area (Å²) in [5, 5.41) is 0. The second-order valence-electron chi connectivity index (χ2n) is 7.08. The highest BCUT2D eigenvalue weighted by molar-refractivity contribution is 5.80. The largest absolute Gasteiger partial charge is 0.497 e. The fourth-order valence-corrected chi connectivity index (χ4v) is 4.13. The summed E-state index contributed by atoms with van der Waals surface area (Å²) >= 11 is 0. The molecule has 2 aliphatic heterocycles. The van der Waals surface area contributed by atoms with Crippen molar-refractivity contribution in [2.24, 2.45) is 5.92 Å². The molecular formula is C20H28N2O4. The number of rotatable bonds is 4.